The molecule has 1 aliphatic rings. The number of anilines is 1. The predicted octanol–water partition coefficient (Wildman–Crippen LogP) is 2.81. The van der Waals surface area contributed by atoms with Gasteiger partial charge in [0.05, 0.1) is 11.4 Å². The third-order valence-corrected chi connectivity index (χ3v) is 5.24. The van der Waals surface area contributed by atoms with Gasteiger partial charge in [0.1, 0.15) is 5.69 Å². The van der Waals surface area contributed by atoms with E-state index in [-0.39, 0.29) is 24.6 Å². The van der Waals surface area contributed by atoms with E-state index in [4.69, 9.17) is 0 Å². The summed E-state index contributed by atoms with van der Waals surface area (Å²) in [6, 6.07) is 18.2. The number of benzene rings is 2. The molecule has 2 aromatic carbocycles. The fourth-order valence-corrected chi connectivity index (χ4v) is 3.64. The SMILES string of the molecule is O=C(NNC(=O)[C@@H]1CC(=O)N(c2cccc(Br)c2)C1)c1ccc2ccccc2n1. The molecule has 0 bridgehead atoms. The van der Waals surface area contributed by atoms with Crippen molar-refractivity contribution in [2.24, 2.45) is 5.92 Å². The molecule has 2 heterocycles. The van der Waals surface area contributed by atoms with Crippen LogP contribution in [0.15, 0.2) is 65.1 Å². The lowest BCUT2D eigenvalue weighted by molar-refractivity contribution is -0.126. The zero-order valence-corrected chi connectivity index (χ0v) is 16.8. The fraction of sp³-hybridized carbons (Fsp3) is 0.143. The molecule has 1 aliphatic heterocycles. The minimum absolute atomic E-state index is 0.0858. The van der Waals surface area contributed by atoms with Crippen LogP contribution >= 0.6 is 15.9 Å². The molecule has 1 fully saturated rings. The van der Waals surface area contributed by atoms with Crippen LogP contribution in [0.25, 0.3) is 10.9 Å². The Balaban J connectivity index is 1.38. The summed E-state index contributed by atoms with van der Waals surface area (Å²) in [5.74, 6) is -1.61. The zero-order chi connectivity index (χ0) is 20.4. The maximum absolute atomic E-state index is 12.4. The van der Waals surface area contributed by atoms with Gasteiger partial charge in [0.15, 0.2) is 0 Å². The first-order valence-electron chi connectivity index (χ1n) is 9.03. The zero-order valence-electron chi connectivity index (χ0n) is 15.3. The number of fused-ring (bicyclic) bond motifs is 1. The van der Waals surface area contributed by atoms with Crippen LogP contribution < -0.4 is 15.8 Å². The normalized spacial score (nSPS) is 16.1. The highest BCUT2D eigenvalue weighted by Crippen LogP contribution is 2.27. The van der Waals surface area contributed by atoms with Gasteiger partial charge in [-0.3, -0.25) is 25.2 Å². The van der Waals surface area contributed by atoms with Gasteiger partial charge in [-0.05, 0) is 30.3 Å². The number of halogens is 1. The summed E-state index contributed by atoms with van der Waals surface area (Å²) in [5.41, 5.74) is 6.40. The van der Waals surface area contributed by atoms with Crippen LogP contribution in [0.1, 0.15) is 16.9 Å². The molecular formula is C21H17BrN4O3. The van der Waals surface area contributed by atoms with E-state index >= 15 is 0 Å². The Bertz CT molecular complexity index is 1120. The number of nitrogens with zero attached hydrogens (tertiary/aromatic N) is 2. The maximum atomic E-state index is 12.4. The van der Waals surface area contributed by atoms with Crippen LogP contribution in [0.3, 0.4) is 0 Å². The monoisotopic (exact) mass is 452 g/mol. The highest BCUT2D eigenvalue weighted by atomic mass is 79.9. The quantitative estimate of drug-likeness (QED) is 0.597. The maximum Gasteiger partial charge on any atom is 0.288 e. The van der Waals surface area contributed by atoms with E-state index < -0.39 is 17.7 Å². The smallest absolute Gasteiger partial charge is 0.288 e. The van der Waals surface area contributed by atoms with Crippen molar-refractivity contribution in [1.82, 2.24) is 15.8 Å². The van der Waals surface area contributed by atoms with Gasteiger partial charge in [0.2, 0.25) is 11.8 Å². The number of carbonyl (C=O) groups excluding carboxylic acids is 3. The molecule has 3 amide bonds. The molecule has 7 nitrogen and oxygen atoms in total. The van der Waals surface area contributed by atoms with Crippen LogP contribution in [-0.4, -0.2) is 29.3 Å². The Kier molecular flexibility index (Phi) is 5.26. The number of para-hydroxylation sites is 1. The largest absolute Gasteiger partial charge is 0.312 e. The second-order valence-electron chi connectivity index (χ2n) is 6.72. The number of pyridine rings is 1. The summed E-state index contributed by atoms with van der Waals surface area (Å²) in [5, 5.41) is 0.921. The van der Waals surface area contributed by atoms with Gasteiger partial charge < -0.3 is 4.90 Å². The molecule has 1 aromatic heterocycles. The number of amides is 3. The number of rotatable bonds is 3. The predicted molar refractivity (Wildman–Crippen MR) is 112 cm³/mol. The number of nitrogens with one attached hydrogen (secondary N) is 2. The van der Waals surface area contributed by atoms with Crippen molar-refractivity contribution < 1.29 is 14.4 Å². The molecular weight excluding hydrogens is 436 g/mol. The number of hydrazine groups is 1. The Morgan fingerprint density at radius 3 is 2.69 bits per heavy atom. The molecule has 0 saturated carbocycles. The minimum atomic E-state index is -0.550. The van der Waals surface area contributed by atoms with Gasteiger partial charge in [0, 0.05) is 28.5 Å². The Hall–Kier alpha value is -3.26. The minimum Gasteiger partial charge on any atom is -0.312 e. The summed E-state index contributed by atoms with van der Waals surface area (Å²) in [7, 11) is 0. The van der Waals surface area contributed by atoms with E-state index in [1.54, 1.807) is 17.0 Å². The Morgan fingerprint density at radius 2 is 1.86 bits per heavy atom. The highest BCUT2D eigenvalue weighted by Gasteiger charge is 2.35. The average molecular weight is 453 g/mol. The van der Waals surface area contributed by atoms with Crippen LogP contribution in [0.2, 0.25) is 0 Å². The number of hydrogen-bond donors (Lipinski definition) is 2. The molecule has 29 heavy (non-hydrogen) atoms. The first kappa shape index (κ1) is 19.1. The van der Waals surface area contributed by atoms with Gasteiger partial charge in [-0.2, -0.15) is 0 Å². The number of carbonyl (C=O) groups is 3. The van der Waals surface area contributed by atoms with E-state index in [0.29, 0.717) is 5.52 Å². The first-order chi connectivity index (χ1) is 14.0. The molecule has 146 valence electrons. The highest BCUT2D eigenvalue weighted by molar-refractivity contribution is 9.10. The Labute approximate surface area is 175 Å². The lowest BCUT2D eigenvalue weighted by atomic mass is 10.1. The van der Waals surface area contributed by atoms with Crippen molar-refractivity contribution in [3.05, 3.63) is 70.8 Å². The number of aromatic nitrogens is 1. The van der Waals surface area contributed by atoms with Crippen molar-refractivity contribution in [1.29, 1.82) is 0 Å². The van der Waals surface area contributed by atoms with Gasteiger partial charge in [-0.15, -0.1) is 0 Å². The topological polar surface area (TPSA) is 91.4 Å². The number of hydrogen-bond acceptors (Lipinski definition) is 4. The van der Waals surface area contributed by atoms with Gasteiger partial charge in [-0.25, -0.2) is 4.98 Å². The van der Waals surface area contributed by atoms with E-state index in [1.165, 1.54) is 0 Å². The van der Waals surface area contributed by atoms with Crippen LogP contribution in [0.4, 0.5) is 5.69 Å². The third-order valence-electron chi connectivity index (χ3n) is 4.75. The molecule has 0 aliphatic carbocycles. The second-order valence-corrected chi connectivity index (χ2v) is 7.63. The van der Waals surface area contributed by atoms with Crippen LogP contribution in [0, 0.1) is 5.92 Å². The van der Waals surface area contributed by atoms with E-state index in [1.807, 2.05) is 48.5 Å². The second kappa shape index (κ2) is 8.00. The summed E-state index contributed by atoms with van der Waals surface area (Å²) in [6.45, 7) is 0.255. The lowest BCUT2D eigenvalue weighted by Crippen LogP contribution is -2.45. The van der Waals surface area contributed by atoms with Crippen LogP contribution in [0.5, 0.6) is 0 Å². The molecule has 3 aromatic rings. The summed E-state index contributed by atoms with van der Waals surface area (Å²) < 4.78 is 0.853. The first-order valence-corrected chi connectivity index (χ1v) is 9.82. The average Bonchev–Trinajstić information content (AvgIpc) is 3.13. The van der Waals surface area contributed by atoms with Crippen molar-refractivity contribution in [3.8, 4) is 0 Å². The van der Waals surface area contributed by atoms with E-state index in [2.05, 4.69) is 31.8 Å². The molecule has 8 heteroatoms. The third kappa shape index (κ3) is 4.12. The lowest BCUT2D eigenvalue weighted by Gasteiger charge is -2.17. The summed E-state index contributed by atoms with van der Waals surface area (Å²) >= 11 is 3.38. The molecule has 0 spiro atoms. The van der Waals surface area contributed by atoms with Gasteiger partial charge in [0.25, 0.3) is 5.91 Å². The van der Waals surface area contributed by atoms with E-state index in [0.717, 1.165) is 15.5 Å². The fourth-order valence-electron chi connectivity index (χ4n) is 3.25. The summed E-state index contributed by atoms with van der Waals surface area (Å²) in [4.78, 5) is 43.0. The van der Waals surface area contributed by atoms with Crippen molar-refractivity contribution in [3.63, 3.8) is 0 Å². The molecule has 2 N–H and O–H groups in total. The summed E-state index contributed by atoms with van der Waals surface area (Å²) in [6.07, 6.45) is 0.0858. The van der Waals surface area contributed by atoms with Crippen molar-refractivity contribution >= 4 is 50.2 Å². The molecule has 0 unspecified atom stereocenters. The molecule has 4 rings (SSSR count). The van der Waals surface area contributed by atoms with Gasteiger partial charge in [-0.1, -0.05) is 46.3 Å². The van der Waals surface area contributed by atoms with E-state index in [9.17, 15) is 14.4 Å². The Morgan fingerprint density at radius 1 is 1.03 bits per heavy atom. The van der Waals surface area contributed by atoms with Crippen molar-refractivity contribution in [2.45, 2.75) is 6.42 Å². The van der Waals surface area contributed by atoms with Crippen LogP contribution in [-0.2, 0) is 9.59 Å². The van der Waals surface area contributed by atoms with Gasteiger partial charge >= 0.3 is 0 Å². The van der Waals surface area contributed by atoms with Crippen molar-refractivity contribution in [2.75, 3.05) is 11.4 Å². The molecule has 1 saturated heterocycles. The molecule has 0 radical (unpaired) electrons. The standard InChI is InChI=1S/C21H17BrN4O3/c22-15-5-3-6-16(11-15)26-12-14(10-19(26)27)20(28)24-25-21(29)18-9-8-13-4-1-2-7-17(13)23-18/h1-9,11,14H,10,12H2,(H,24,28)(H,25,29)/t14-/m1/s1. The molecule has 1 atom stereocenters.